The van der Waals surface area contributed by atoms with Gasteiger partial charge in [0.15, 0.2) is 0 Å². The molecule has 0 aliphatic heterocycles. The molecule has 2 heterocycles. The van der Waals surface area contributed by atoms with E-state index in [1.165, 1.54) is 28.7 Å². The Morgan fingerprint density at radius 3 is 2.67 bits per heavy atom. The van der Waals surface area contributed by atoms with Crippen molar-refractivity contribution < 1.29 is 4.79 Å². The first kappa shape index (κ1) is 17.1. The Kier molecular flexibility index (Phi) is 5.04. The Bertz CT molecular complexity index is 753. The molecule has 130 valence electrons. The van der Waals surface area contributed by atoms with E-state index in [2.05, 4.69) is 16.8 Å². The highest BCUT2D eigenvalue weighted by Gasteiger charge is 2.24. The first-order chi connectivity index (χ1) is 11.5. The summed E-state index contributed by atoms with van der Waals surface area (Å²) in [7, 11) is 3.61. The zero-order chi connectivity index (χ0) is 17.3. The average molecular weight is 347 g/mol. The number of amides is 1. The van der Waals surface area contributed by atoms with Gasteiger partial charge in [-0.1, -0.05) is 6.92 Å². The number of rotatable bonds is 5. The number of fused-ring (bicyclic) bond motifs is 3. The molecule has 1 aliphatic rings. The van der Waals surface area contributed by atoms with Gasteiger partial charge in [-0.3, -0.25) is 4.79 Å². The minimum Gasteiger partial charge on any atom is -0.347 e. The molecule has 3 rings (SSSR count). The molecule has 2 aromatic heterocycles. The summed E-state index contributed by atoms with van der Waals surface area (Å²) in [4.78, 5) is 28.1. The summed E-state index contributed by atoms with van der Waals surface area (Å²) in [5, 5.41) is 1.19. The molecule has 0 radical (unpaired) electrons. The molecule has 0 spiro atoms. The van der Waals surface area contributed by atoms with Crippen molar-refractivity contribution in [1.82, 2.24) is 14.9 Å². The van der Waals surface area contributed by atoms with E-state index in [4.69, 9.17) is 4.98 Å². The van der Waals surface area contributed by atoms with Crippen LogP contribution >= 0.6 is 11.3 Å². The van der Waals surface area contributed by atoms with E-state index in [1.807, 2.05) is 18.3 Å². The van der Waals surface area contributed by atoms with Gasteiger partial charge in [0.25, 0.3) is 0 Å². The molecule has 0 N–H and O–H groups in total. The molecular formula is C18H26N4OS. The van der Waals surface area contributed by atoms with E-state index in [0.717, 1.165) is 42.3 Å². The third-order valence-electron chi connectivity index (χ3n) is 4.53. The van der Waals surface area contributed by atoms with Crippen LogP contribution in [0.3, 0.4) is 0 Å². The molecule has 1 aliphatic carbocycles. The highest BCUT2D eigenvalue weighted by Crippen LogP contribution is 2.39. The van der Waals surface area contributed by atoms with Crippen LogP contribution in [0, 0.1) is 6.92 Å². The molecule has 6 heteroatoms. The van der Waals surface area contributed by atoms with Gasteiger partial charge in [-0.25, -0.2) is 9.97 Å². The van der Waals surface area contributed by atoms with E-state index in [1.54, 1.807) is 19.0 Å². The van der Waals surface area contributed by atoms with Crippen LogP contribution in [0.1, 0.15) is 42.5 Å². The predicted molar refractivity (Wildman–Crippen MR) is 100.0 cm³/mol. The van der Waals surface area contributed by atoms with Crippen LogP contribution in [0.5, 0.6) is 0 Å². The monoisotopic (exact) mass is 346 g/mol. The molecule has 0 atom stereocenters. The maximum atomic E-state index is 12.3. The van der Waals surface area contributed by atoms with Crippen LogP contribution in [-0.4, -0.2) is 48.0 Å². The van der Waals surface area contributed by atoms with Crippen molar-refractivity contribution in [2.45, 2.75) is 46.0 Å². The molecule has 1 amide bonds. The number of nitrogens with zero attached hydrogens (tertiary/aromatic N) is 4. The molecule has 0 aromatic carbocycles. The second kappa shape index (κ2) is 7.05. The van der Waals surface area contributed by atoms with Gasteiger partial charge < -0.3 is 9.80 Å². The zero-order valence-corrected chi connectivity index (χ0v) is 15.9. The number of anilines is 1. The third kappa shape index (κ3) is 3.24. The van der Waals surface area contributed by atoms with Crippen LogP contribution in [0.15, 0.2) is 0 Å². The average Bonchev–Trinajstić information content (AvgIpc) is 2.91. The van der Waals surface area contributed by atoms with Gasteiger partial charge in [0.2, 0.25) is 5.91 Å². The van der Waals surface area contributed by atoms with Gasteiger partial charge in [-0.2, -0.15) is 0 Å². The summed E-state index contributed by atoms with van der Waals surface area (Å²) in [5.74, 6) is 1.85. The summed E-state index contributed by atoms with van der Waals surface area (Å²) in [6.07, 6.45) is 5.74. The lowest BCUT2D eigenvalue weighted by Gasteiger charge is -2.25. The lowest BCUT2D eigenvalue weighted by Crippen LogP contribution is -2.37. The SMILES string of the molecule is CCCN(CC(=O)N(C)C)c1nc(C)nc2sc3c(c12)CCCC3. The van der Waals surface area contributed by atoms with Crippen molar-refractivity contribution in [3.63, 3.8) is 0 Å². The van der Waals surface area contributed by atoms with E-state index in [-0.39, 0.29) is 5.91 Å². The summed E-state index contributed by atoms with van der Waals surface area (Å²) in [5.41, 5.74) is 1.43. The van der Waals surface area contributed by atoms with Gasteiger partial charge in [-0.15, -0.1) is 11.3 Å². The van der Waals surface area contributed by atoms with E-state index in [0.29, 0.717) is 6.54 Å². The van der Waals surface area contributed by atoms with Crippen LogP contribution in [0.25, 0.3) is 10.2 Å². The summed E-state index contributed by atoms with van der Waals surface area (Å²) in [6.45, 7) is 5.29. The molecule has 0 unspecified atom stereocenters. The fourth-order valence-corrected chi connectivity index (χ4v) is 4.61. The van der Waals surface area contributed by atoms with Gasteiger partial charge in [-0.05, 0) is 44.6 Å². The lowest BCUT2D eigenvalue weighted by atomic mass is 9.97. The molecule has 0 fully saturated rings. The molecule has 0 saturated heterocycles. The first-order valence-corrected chi connectivity index (χ1v) is 9.57. The number of likely N-dealkylation sites (N-methyl/N-ethyl adjacent to an activating group) is 1. The second-order valence-electron chi connectivity index (χ2n) is 6.70. The number of carbonyl (C=O) groups excluding carboxylic acids is 1. The minimum atomic E-state index is 0.108. The van der Waals surface area contributed by atoms with Gasteiger partial charge in [0.1, 0.15) is 16.5 Å². The van der Waals surface area contributed by atoms with Crippen molar-refractivity contribution in [3.8, 4) is 0 Å². The van der Waals surface area contributed by atoms with Crippen molar-refractivity contribution in [1.29, 1.82) is 0 Å². The standard InChI is InChI=1S/C18H26N4OS/c1-5-10-22(11-15(23)21(3)4)17-16-13-8-6-7-9-14(13)24-18(16)20-12(2)19-17/h5-11H2,1-4H3. The lowest BCUT2D eigenvalue weighted by molar-refractivity contribution is -0.127. The molecule has 0 bridgehead atoms. The van der Waals surface area contributed by atoms with Crippen LogP contribution in [0.2, 0.25) is 0 Å². The number of hydrogen-bond acceptors (Lipinski definition) is 5. The zero-order valence-electron chi connectivity index (χ0n) is 15.1. The van der Waals surface area contributed by atoms with E-state index in [9.17, 15) is 4.79 Å². The number of thiophene rings is 1. The fourth-order valence-electron chi connectivity index (χ4n) is 3.31. The molecule has 24 heavy (non-hydrogen) atoms. The smallest absolute Gasteiger partial charge is 0.241 e. The Balaban J connectivity index is 2.11. The fraction of sp³-hybridized carbons (Fsp3) is 0.611. The molecule has 2 aromatic rings. The molecular weight excluding hydrogens is 320 g/mol. The minimum absolute atomic E-state index is 0.108. The number of aryl methyl sites for hydroxylation is 3. The number of carbonyl (C=O) groups is 1. The number of hydrogen-bond donors (Lipinski definition) is 0. The molecule has 0 saturated carbocycles. The highest BCUT2D eigenvalue weighted by atomic mass is 32.1. The second-order valence-corrected chi connectivity index (χ2v) is 7.78. The van der Waals surface area contributed by atoms with Gasteiger partial charge >= 0.3 is 0 Å². The number of aromatic nitrogens is 2. The van der Waals surface area contributed by atoms with Crippen LogP contribution < -0.4 is 4.90 Å². The quantitative estimate of drug-likeness (QED) is 0.834. The maximum absolute atomic E-state index is 12.3. The summed E-state index contributed by atoms with van der Waals surface area (Å²) < 4.78 is 0. The van der Waals surface area contributed by atoms with Crippen LogP contribution in [-0.2, 0) is 17.6 Å². The first-order valence-electron chi connectivity index (χ1n) is 8.75. The third-order valence-corrected chi connectivity index (χ3v) is 5.71. The van der Waals surface area contributed by atoms with Crippen molar-refractivity contribution in [2.75, 3.05) is 32.1 Å². The van der Waals surface area contributed by atoms with Crippen molar-refractivity contribution >= 4 is 33.3 Å². The Morgan fingerprint density at radius 1 is 1.21 bits per heavy atom. The van der Waals surface area contributed by atoms with Crippen molar-refractivity contribution in [3.05, 3.63) is 16.3 Å². The van der Waals surface area contributed by atoms with E-state index < -0.39 is 0 Å². The van der Waals surface area contributed by atoms with Gasteiger partial charge in [0, 0.05) is 25.5 Å². The summed E-state index contributed by atoms with van der Waals surface area (Å²) in [6, 6.07) is 0. The van der Waals surface area contributed by atoms with E-state index >= 15 is 0 Å². The van der Waals surface area contributed by atoms with Crippen molar-refractivity contribution in [2.24, 2.45) is 0 Å². The Morgan fingerprint density at radius 2 is 1.96 bits per heavy atom. The Hall–Kier alpha value is -1.69. The van der Waals surface area contributed by atoms with Crippen LogP contribution in [0.4, 0.5) is 5.82 Å². The van der Waals surface area contributed by atoms with Gasteiger partial charge in [0.05, 0.1) is 11.9 Å². The largest absolute Gasteiger partial charge is 0.347 e. The predicted octanol–water partition coefficient (Wildman–Crippen LogP) is 3.18. The topological polar surface area (TPSA) is 49.3 Å². The summed E-state index contributed by atoms with van der Waals surface area (Å²) >= 11 is 1.82. The highest BCUT2D eigenvalue weighted by molar-refractivity contribution is 7.19. The Labute approximate surface area is 147 Å². The molecule has 5 nitrogen and oxygen atoms in total. The maximum Gasteiger partial charge on any atom is 0.241 e. The normalized spacial score (nSPS) is 13.8.